The first-order valence-corrected chi connectivity index (χ1v) is 12.8. The number of nitrogens with zero attached hydrogens (tertiary/aromatic N) is 8. The van der Waals surface area contributed by atoms with Gasteiger partial charge in [0.05, 0.1) is 34.3 Å². The highest BCUT2D eigenvalue weighted by atomic mass is 14.9. The van der Waals surface area contributed by atoms with Gasteiger partial charge in [-0.25, -0.2) is 19.9 Å². The summed E-state index contributed by atoms with van der Waals surface area (Å²) in [4.78, 5) is 18.5. The van der Waals surface area contributed by atoms with E-state index in [1.165, 1.54) is 0 Å². The predicted molar refractivity (Wildman–Crippen MR) is 156 cm³/mol. The maximum Gasteiger partial charge on any atom is 0.161 e. The molecule has 0 saturated carbocycles. The zero-order valence-electron chi connectivity index (χ0n) is 21.7. The van der Waals surface area contributed by atoms with E-state index in [4.69, 9.17) is 9.97 Å². The van der Waals surface area contributed by atoms with Gasteiger partial charge in [0.15, 0.2) is 11.6 Å². The Morgan fingerprint density at radius 3 is 1.40 bits per heavy atom. The maximum absolute atomic E-state index is 10.1. The number of benzene rings is 4. The molecular weight excluding hydrogens is 520 g/mol. The first kappa shape index (κ1) is 24.3. The predicted octanol–water partition coefficient (Wildman–Crippen LogP) is 6.48. The summed E-state index contributed by atoms with van der Waals surface area (Å²) in [5.41, 5.74) is 5.79. The van der Waals surface area contributed by atoms with Crippen LogP contribution in [0.15, 0.2) is 90.8 Å². The van der Waals surface area contributed by atoms with Gasteiger partial charge in [-0.05, 0) is 58.7 Å². The van der Waals surface area contributed by atoms with Crippen molar-refractivity contribution in [3.63, 3.8) is 0 Å². The molecule has 0 spiro atoms. The largest absolute Gasteiger partial charge is 0.236 e. The molecule has 0 N–H and O–H groups in total. The van der Waals surface area contributed by atoms with Crippen LogP contribution in [0.4, 0.5) is 0 Å². The lowest BCUT2D eigenvalue weighted by Crippen LogP contribution is -1.95. The van der Waals surface area contributed by atoms with Crippen LogP contribution >= 0.6 is 0 Å². The molecule has 8 heteroatoms. The Morgan fingerprint density at radius 2 is 0.976 bits per heavy atom. The van der Waals surface area contributed by atoms with Crippen molar-refractivity contribution in [2.45, 2.75) is 0 Å². The minimum Gasteiger partial charge on any atom is -0.236 e. The van der Waals surface area contributed by atoms with Gasteiger partial charge in [0.2, 0.25) is 0 Å². The average molecular weight is 535 g/mol. The van der Waals surface area contributed by atoms with Crippen molar-refractivity contribution < 1.29 is 0 Å². The topological polar surface area (TPSA) is 147 Å². The normalized spacial score (nSPS) is 11.2. The van der Waals surface area contributed by atoms with E-state index in [-0.39, 0.29) is 5.57 Å². The van der Waals surface area contributed by atoms with Crippen LogP contribution < -0.4 is 0 Å². The maximum atomic E-state index is 10.1. The monoisotopic (exact) mass is 534 g/mol. The fourth-order valence-electron chi connectivity index (χ4n) is 5.37. The van der Waals surface area contributed by atoms with Gasteiger partial charge in [0.25, 0.3) is 0 Å². The Hall–Kier alpha value is -6.74. The van der Waals surface area contributed by atoms with Crippen LogP contribution in [0.3, 0.4) is 0 Å². The van der Waals surface area contributed by atoms with E-state index in [1.807, 2.05) is 72.8 Å². The average Bonchev–Trinajstić information content (AvgIpc) is 3.35. The summed E-state index contributed by atoms with van der Waals surface area (Å²) < 4.78 is 0. The van der Waals surface area contributed by atoms with Crippen LogP contribution in [0.25, 0.3) is 61.3 Å². The van der Waals surface area contributed by atoms with Crippen LogP contribution in [-0.2, 0) is 0 Å². The number of nitriles is 4. The summed E-state index contributed by atoms with van der Waals surface area (Å²) in [6.45, 7) is 0. The third kappa shape index (κ3) is 3.66. The smallest absolute Gasteiger partial charge is 0.161 e. The zero-order valence-corrected chi connectivity index (χ0v) is 21.7. The minimum absolute atomic E-state index is 0.118. The van der Waals surface area contributed by atoms with Gasteiger partial charge < -0.3 is 0 Å². The Morgan fingerprint density at radius 1 is 0.524 bits per heavy atom. The molecule has 0 bridgehead atoms. The number of fused-ring (bicyclic) bond motifs is 5. The first-order valence-electron chi connectivity index (χ1n) is 12.8. The van der Waals surface area contributed by atoms with E-state index in [2.05, 4.69) is 22.1 Å². The fourth-order valence-corrected chi connectivity index (χ4v) is 5.37. The molecule has 0 amide bonds. The quantitative estimate of drug-likeness (QED) is 0.229. The van der Waals surface area contributed by atoms with Crippen molar-refractivity contribution in [2.75, 3.05) is 0 Å². The molecule has 6 aromatic rings. The number of aromatic nitrogens is 4. The van der Waals surface area contributed by atoms with E-state index < -0.39 is 0 Å². The molecule has 0 saturated heterocycles. The number of hydrogen-bond acceptors (Lipinski definition) is 8. The van der Waals surface area contributed by atoms with E-state index >= 15 is 0 Å². The van der Waals surface area contributed by atoms with Crippen LogP contribution in [0.2, 0.25) is 0 Å². The van der Waals surface area contributed by atoms with Crippen LogP contribution in [0.5, 0.6) is 0 Å². The van der Waals surface area contributed by atoms with Gasteiger partial charge in [0.1, 0.15) is 17.7 Å². The summed E-state index contributed by atoms with van der Waals surface area (Å²) in [5, 5.41) is 41.7. The van der Waals surface area contributed by atoms with Gasteiger partial charge in [-0.15, -0.1) is 0 Å². The second kappa shape index (κ2) is 9.47. The van der Waals surface area contributed by atoms with Crippen molar-refractivity contribution in [1.82, 2.24) is 19.9 Å². The molecule has 0 fully saturated rings. The Bertz CT molecular complexity index is 2190. The molecule has 7 rings (SSSR count). The van der Waals surface area contributed by atoms with Gasteiger partial charge in [-0.2, -0.15) is 21.0 Å². The van der Waals surface area contributed by atoms with Gasteiger partial charge in [0, 0.05) is 39.9 Å². The van der Waals surface area contributed by atoms with Crippen molar-refractivity contribution in [3.05, 3.63) is 113 Å². The molecular formula is C34H14N8. The molecule has 0 aliphatic heterocycles. The SMILES string of the molecule is N#CC(C#N)=C1c2cc(C#N)c(-c3ncc4ccccc4n3)cc2-c2cc(-c3ncc4ccccc4n3)c(C#N)cc21. The van der Waals surface area contributed by atoms with Crippen LogP contribution in [0, 0.1) is 45.3 Å². The summed E-state index contributed by atoms with van der Waals surface area (Å²) in [5.74, 6) is 0.749. The second-order valence-corrected chi connectivity index (χ2v) is 9.59. The van der Waals surface area contributed by atoms with Crippen molar-refractivity contribution in [1.29, 1.82) is 21.0 Å². The Labute approximate surface area is 239 Å². The summed E-state index contributed by atoms with van der Waals surface area (Å²) in [7, 11) is 0. The van der Waals surface area contributed by atoms with Crippen molar-refractivity contribution in [2.24, 2.45) is 0 Å². The molecule has 8 nitrogen and oxygen atoms in total. The molecule has 2 heterocycles. The molecule has 0 unspecified atom stereocenters. The van der Waals surface area contributed by atoms with Gasteiger partial charge in [-0.3, -0.25) is 0 Å². The van der Waals surface area contributed by atoms with E-state index in [9.17, 15) is 21.0 Å². The molecule has 1 aliphatic carbocycles. The lowest BCUT2D eigenvalue weighted by Gasteiger charge is -2.10. The van der Waals surface area contributed by atoms with Crippen molar-refractivity contribution >= 4 is 27.4 Å². The summed E-state index contributed by atoms with van der Waals surface area (Å²) in [6, 6.07) is 30.5. The summed E-state index contributed by atoms with van der Waals surface area (Å²) >= 11 is 0. The molecule has 0 atom stereocenters. The van der Waals surface area contributed by atoms with Gasteiger partial charge in [-0.1, -0.05) is 36.4 Å². The zero-order chi connectivity index (χ0) is 28.8. The van der Waals surface area contributed by atoms with E-state index in [0.29, 0.717) is 61.7 Å². The van der Waals surface area contributed by atoms with E-state index in [1.54, 1.807) is 24.5 Å². The highest BCUT2D eigenvalue weighted by Crippen LogP contribution is 2.49. The van der Waals surface area contributed by atoms with Crippen LogP contribution in [-0.4, -0.2) is 19.9 Å². The van der Waals surface area contributed by atoms with E-state index in [0.717, 1.165) is 21.8 Å². The number of allylic oxidation sites excluding steroid dienone is 1. The van der Waals surface area contributed by atoms with Crippen LogP contribution in [0.1, 0.15) is 22.3 Å². The Balaban J connectivity index is 1.52. The summed E-state index contributed by atoms with van der Waals surface area (Å²) in [6.07, 6.45) is 3.42. The molecule has 4 aromatic carbocycles. The third-order valence-electron chi connectivity index (χ3n) is 7.32. The molecule has 2 aromatic heterocycles. The minimum atomic E-state index is -0.118. The molecule has 190 valence electrons. The first-order chi connectivity index (χ1) is 20.6. The fraction of sp³-hybridized carbons (Fsp3) is 0. The standard InChI is InChI=1S/C34H14N8/c35-13-21-9-28-26(11-24(21)33-39-17-19-5-1-3-7-30(19)41-33)27-12-25(34-40-18-20-6-2-4-8-31(20)42-34)22(14-36)10-29(27)32(28)23(15-37)16-38/h1-12,17-18H. The second-order valence-electron chi connectivity index (χ2n) is 9.59. The molecule has 0 radical (unpaired) electrons. The lowest BCUT2D eigenvalue weighted by molar-refractivity contribution is 1.22. The number of para-hydroxylation sites is 2. The lowest BCUT2D eigenvalue weighted by atomic mass is 9.94. The highest BCUT2D eigenvalue weighted by molar-refractivity contribution is 6.07. The van der Waals surface area contributed by atoms with Gasteiger partial charge >= 0.3 is 0 Å². The third-order valence-corrected chi connectivity index (χ3v) is 7.32. The molecule has 1 aliphatic rings. The Kier molecular flexibility index (Phi) is 5.48. The highest BCUT2D eigenvalue weighted by Gasteiger charge is 2.31. The number of rotatable bonds is 2. The van der Waals surface area contributed by atoms with Crippen molar-refractivity contribution in [3.8, 4) is 58.2 Å². The number of hydrogen-bond donors (Lipinski definition) is 0. The molecule has 42 heavy (non-hydrogen) atoms.